The van der Waals surface area contributed by atoms with Crippen LogP contribution < -0.4 is 4.90 Å². The van der Waals surface area contributed by atoms with Crippen LogP contribution in [0.3, 0.4) is 0 Å². The second-order valence-electron chi connectivity index (χ2n) is 5.64. The van der Waals surface area contributed by atoms with E-state index in [1.54, 1.807) is 35.7 Å². The van der Waals surface area contributed by atoms with Crippen LogP contribution in [-0.4, -0.2) is 16.8 Å². The quantitative estimate of drug-likeness (QED) is 0.661. The van der Waals surface area contributed by atoms with Gasteiger partial charge in [-0.25, -0.2) is 4.39 Å². The lowest BCUT2D eigenvalue weighted by molar-refractivity contribution is -0.117. The van der Waals surface area contributed by atoms with E-state index in [9.17, 15) is 19.1 Å². The van der Waals surface area contributed by atoms with Crippen molar-refractivity contribution in [2.75, 3.05) is 4.90 Å². The molecule has 26 heavy (non-hydrogen) atoms. The molecule has 0 bridgehead atoms. The molecule has 0 saturated heterocycles. The molecular formula is C19H12FNO3S2. The third-order valence-corrected chi connectivity index (χ3v) is 5.89. The van der Waals surface area contributed by atoms with Crippen molar-refractivity contribution in [3.8, 4) is 0 Å². The van der Waals surface area contributed by atoms with Gasteiger partial charge in [-0.15, -0.1) is 22.7 Å². The SMILES string of the molecule is O=C(C1=C(O)C(=O)N(c2cccc(F)c2)C1c1cccs1)c1cccs1. The minimum atomic E-state index is -0.793. The summed E-state index contributed by atoms with van der Waals surface area (Å²) >= 11 is 2.60. The highest BCUT2D eigenvalue weighted by molar-refractivity contribution is 7.12. The van der Waals surface area contributed by atoms with E-state index in [1.165, 1.54) is 45.8 Å². The summed E-state index contributed by atoms with van der Waals surface area (Å²) in [6.07, 6.45) is 0. The van der Waals surface area contributed by atoms with E-state index < -0.39 is 29.3 Å². The number of Topliss-reactive ketones (excluding diaryl/α,β-unsaturated/α-hetero) is 1. The molecule has 1 N–H and O–H groups in total. The largest absolute Gasteiger partial charge is 0.503 e. The number of carbonyl (C=O) groups is 2. The number of aliphatic hydroxyl groups excluding tert-OH is 1. The number of aliphatic hydroxyl groups is 1. The number of amides is 1. The van der Waals surface area contributed by atoms with E-state index in [4.69, 9.17) is 0 Å². The molecule has 1 aliphatic heterocycles. The Kier molecular flexibility index (Phi) is 4.18. The van der Waals surface area contributed by atoms with Gasteiger partial charge < -0.3 is 5.11 Å². The predicted octanol–water partition coefficient (Wildman–Crippen LogP) is 4.73. The monoisotopic (exact) mass is 385 g/mol. The Balaban J connectivity index is 1.87. The van der Waals surface area contributed by atoms with Gasteiger partial charge in [0.05, 0.1) is 10.5 Å². The van der Waals surface area contributed by atoms with Crippen molar-refractivity contribution in [3.63, 3.8) is 0 Å². The zero-order chi connectivity index (χ0) is 18.3. The first-order valence-electron chi connectivity index (χ1n) is 7.72. The standard InChI is InChI=1S/C19H12FNO3S2/c20-11-4-1-5-12(10-11)21-16(13-6-2-8-25-13)15(18(23)19(21)24)17(22)14-7-3-9-26-14/h1-10,16,23H. The maximum absolute atomic E-state index is 13.7. The van der Waals surface area contributed by atoms with E-state index in [0.717, 1.165) is 0 Å². The summed E-state index contributed by atoms with van der Waals surface area (Å²) in [6, 6.07) is 11.7. The number of thiophene rings is 2. The van der Waals surface area contributed by atoms with Crippen molar-refractivity contribution in [2.45, 2.75) is 6.04 Å². The highest BCUT2D eigenvalue weighted by Gasteiger charge is 2.45. The van der Waals surface area contributed by atoms with Gasteiger partial charge in [-0.3, -0.25) is 14.5 Å². The number of rotatable bonds is 4. The van der Waals surface area contributed by atoms with Gasteiger partial charge in [-0.05, 0) is 41.1 Å². The first-order valence-corrected chi connectivity index (χ1v) is 9.47. The van der Waals surface area contributed by atoms with Crippen LogP contribution in [0.4, 0.5) is 10.1 Å². The van der Waals surface area contributed by atoms with Crippen LogP contribution in [0, 0.1) is 5.82 Å². The summed E-state index contributed by atoms with van der Waals surface area (Å²) in [7, 11) is 0. The Morgan fingerprint density at radius 1 is 1.08 bits per heavy atom. The maximum Gasteiger partial charge on any atom is 0.294 e. The van der Waals surface area contributed by atoms with Crippen LogP contribution in [0.5, 0.6) is 0 Å². The maximum atomic E-state index is 13.7. The molecule has 0 aliphatic carbocycles. The molecule has 2 aromatic heterocycles. The summed E-state index contributed by atoms with van der Waals surface area (Å²) in [5.41, 5.74) is 0.304. The molecule has 0 fully saturated rings. The van der Waals surface area contributed by atoms with Gasteiger partial charge in [0.1, 0.15) is 11.9 Å². The molecule has 1 aromatic carbocycles. The molecule has 3 aromatic rings. The van der Waals surface area contributed by atoms with Gasteiger partial charge in [0, 0.05) is 10.6 Å². The van der Waals surface area contributed by atoms with Crippen LogP contribution in [0.15, 0.2) is 70.6 Å². The topological polar surface area (TPSA) is 57.6 Å². The predicted molar refractivity (Wildman–Crippen MR) is 99.3 cm³/mol. The summed E-state index contributed by atoms with van der Waals surface area (Å²) in [4.78, 5) is 28.1. The molecule has 1 aliphatic rings. The molecule has 1 unspecified atom stereocenters. The summed E-state index contributed by atoms with van der Waals surface area (Å²) in [5, 5.41) is 14.1. The fraction of sp³-hybridized carbons (Fsp3) is 0.0526. The fourth-order valence-electron chi connectivity index (χ4n) is 2.99. The van der Waals surface area contributed by atoms with Crippen molar-refractivity contribution in [3.05, 3.63) is 86.2 Å². The molecule has 0 spiro atoms. The van der Waals surface area contributed by atoms with E-state index in [2.05, 4.69) is 0 Å². The van der Waals surface area contributed by atoms with Crippen molar-refractivity contribution in [1.82, 2.24) is 0 Å². The zero-order valence-corrected chi connectivity index (χ0v) is 14.9. The number of nitrogens with zero attached hydrogens (tertiary/aromatic N) is 1. The van der Waals surface area contributed by atoms with E-state index in [-0.39, 0.29) is 11.3 Å². The highest BCUT2D eigenvalue weighted by atomic mass is 32.1. The molecule has 0 radical (unpaired) electrons. The normalized spacial score (nSPS) is 17.2. The number of halogens is 1. The lowest BCUT2D eigenvalue weighted by Crippen LogP contribution is -2.30. The van der Waals surface area contributed by atoms with Crippen molar-refractivity contribution >= 4 is 40.1 Å². The van der Waals surface area contributed by atoms with Crippen LogP contribution in [0.1, 0.15) is 20.6 Å². The molecule has 130 valence electrons. The lowest BCUT2D eigenvalue weighted by atomic mass is 10.0. The van der Waals surface area contributed by atoms with E-state index in [0.29, 0.717) is 9.75 Å². The van der Waals surface area contributed by atoms with E-state index >= 15 is 0 Å². The average Bonchev–Trinajstić information content (AvgIpc) is 3.36. The van der Waals surface area contributed by atoms with Gasteiger partial charge in [-0.2, -0.15) is 0 Å². The molecule has 4 rings (SSSR count). The Morgan fingerprint density at radius 2 is 1.85 bits per heavy atom. The fourth-order valence-corrected chi connectivity index (χ4v) is 4.49. The average molecular weight is 385 g/mol. The van der Waals surface area contributed by atoms with Gasteiger partial charge >= 0.3 is 0 Å². The third-order valence-electron chi connectivity index (χ3n) is 4.10. The molecule has 1 atom stereocenters. The lowest BCUT2D eigenvalue weighted by Gasteiger charge is -2.25. The second-order valence-corrected chi connectivity index (χ2v) is 7.57. The number of hydrogen-bond acceptors (Lipinski definition) is 5. The number of ketones is 1. The Bertz CT molecular complexity index is 1010. The van der Waals surface area contributed by atoms with Gasteiger partial charge in [0.25, 0.3) is 5.91 Å². The Labute approximate surface area is 156 Å². The number of benzene rings is 1. The first-order chi connectivity index (χ1) is 12.6. The Hall–Kier alpha value is -2.77. The summed E-state index contributed by atoms with van der Waals surface area (Å²) in [5.74, 6) is -2.21. The molecule has 1 amide bonds. The van der Waals surface area contributed by atoms with Crippen molar-refractivity contribution in [2.24, 2.45) is 0 Å². The summed E-state index contributed by atoms with van der Waals surface area (Å²) < 4.78 is 13.7. The second kappa shape index (κ2) is 6.51. The van der Waals surface area contributed by atoms with Gasteiger partial charge in [-0.1, -0.05) is 18.2 Å². The Morgan fingerprint density at radius 3 is 2.50 bits per heavy atom. The third kappa shape index (κ3) is 2.65. The highest BCUT2D eigenvalue weighted by Crippen LogP contribution is 2.43. The number of carbonyl (C=O) groups excluding carboxylic acids is 2. The van der Waals surface area contributed by atoms with Crippen LogP contribution in [0.25, 0.3) is 0 Å². The molecule has 3 heterocycles. The van der Waals surface area contributed by atoms with Crippen molar-refractivity contribution in [1.29, 1.82) is 0 Å². The van der Waals surface area contributed by atoms with E-state index in [1.807, 2.05) is 5.38 Å². The first kappa shape index (κ1) is 16.7. The number of hydrogen-bond donors (Lipinski definition) is 1. The smallest absolute Gasteiger partial charge is 0.294 e. The van der Waals surface area contributed by atoms with Crippen LogP contribution in [-0.2, 0) is 4.79 Å². The molecule has 4 nitrogen and oxygen atoms in total. The minimum absolute atomic E-state index is 0.0177. The molecule has 7 heteroatoms. The van der Waals surface area contributed by atoms with Gasteiger partial charge in [0.2, 0.25) is 5.78 Å². The minimum Gasteiger partial charge on any atom is -0.503 e. The van der Waals surface area contributed by atoms with Gasteiger partial charge in [0.15, 0.2) is 5.76 Å². The zero-order valence-electron chi connectivity index (χ0n) is 13.3. The van der Waals surface area contributed by atoms with Crippen molar-refractivity contribution < 1.29 is 19.1 Å². The number of anilines is 1. The summed E-state index contributed by atoms with van der Waals surface area (Å²) in [6.45, 7) is 0. The van der Waals surface area contributed by atoms with Crippen LogP contribution in [0.2, 0.25) is 0 Å². The van der Waals surface area contributed by atoms with Crippen LogP contribution >= 0.6 is 22.7 Å². The molecular weight excluding hydrogens is 373 g/mol. The molecule has 0 saturated carbocycles.